The third kappa shape index (κ3) is 3.11. The van der Waals surface area contributed by atoms with Crippen molar-refractivity contribution < 1.29 is 0 Å². The van der Waals surface area contributed by atoms with E-state index in [0.29, 0.717) is 5.02 Å². The Balaban J connectivity index is 1.78. The van der Waals surface area contributed by atoms with E-state index in [1.54, 1.807) is 11.3 Å². The monoisotopic (exact) mass is 380 g/mol. The van der Waals surface area contributed by atoms with Crippen LogP contribution in [0.15, 0.2) is 64.1 Å². The quantitative estimate of drug-likeness (QED) is 0.461. The van der Waals surface area contributed by atoms with Crippen LogP contribution in [0.1, 0.15) is 16.8 Å². The molecule has 0 aliphatic heterocycles. The average Bonchev–Trinajstić information content (AvgIpc) is 3.21. The summed E-state index contributed by atoms with van der Waals surface area (Å²) in [5, 5.41) is 8.57. The molecule has 4 aromatic rings. The van der Waals surface area contributed by atoms with Gasteiger partial charge in [0.25, 0.3) is 0 Å². The summed E-state index contributed by atoms with van der Waals surface area (Å²) in [6, 6.07) is 13.9. The van der Waals surface area contributed by atoms with Crippen LogP contribution in [0.2, 0.25) is 5.02 Å². The number of para-hydroxylation sites is 1. The minimum absolute atomic E-state index is 0.716. The van der Waals surface area contributed by atoms with Crippen molar-refractivity contribution in [3.8, 4) is 0 Å². The highest BCUT2D eigenvalue weighted by Crippen LogP contribution is 2.25. The number of thiazole rings is 1. The highest BCUT2D eigenvalue weighted by Gasteiger charge is 2.05. The fraction of sp³-hybridized carbons (Fsp3) is 0.100. The first-order valence-electron chi connectivity index (χ1n) is 8.21. The van der Waals surface area contributed by atoms with Crippen LogP contribution in [0.4, 0.5) is 5.69 Å². The predicted molar refractivity (Wildman–Crippen MR) is 110 cm³/mol. The van der Waals surface area contributed by atoms with Gasteiger partial charge >= 0.3 is 0 Å². The number of benzene rings is 2. The molecule has 0 bridgehead atoms. The lowest BCUT2D eigenvalue weighted by atomic mass is 10.2. The second kappa shape index (κ2) is 6.94. The van der Waals surface area contributed by atoms with Gasteiger partial charge in [-0.25, -0.2) is 9.67 Å². The van der Waals surface area contributed by atoms with Gasteiger partial charge in [0, 0.05) is 33.1 Å². The van der Waals surface area contributed by atoms with Crippen LogP contribution in [0.5, 0.6) is 0 Å². The van der Waals surface area contributed by atoms with Gasteiger partial charge in [0.05, 0.1) is 17.6 Å². The maximum atomic E-state index is 6.21. The molecule has 0 amide bonds. The summed E-state index contributed by atoms with van der Waals surface area (Å²) < 4.78 is 1.85. The largest absolute Gasteiger partial charge is 0.361 e. The molecule has 26 heavy (non-hydrogen) atoms. The zero-order valence-corrected chi connectivity index (χ0v) is 16.0. The molecule has 0 saturated carbocycles. The van der Waals surface area contributed by atoms with Gasteiger partial charge in [0.15, 0.2) is 0 Å². The van der Waals surface area contributed by atoms with Gasteiger partial charge in [-0.2, -0.15) is 5.10 Å². The lowest BCUT2D eigenvalue weighted by molar-refractivity contribution is 0.809. The first-order chi connectivity index (χ1) is 12.6. The van der Waals surface area contributed by atoms with Crippen molar-refractivity contribution in [2.24, 2.45) is 10.1 Å². The Morgan fingerprint density at radius 3 is 2.85 bits per heavy atom. The minimum Gasteiger partial charge on any atom is -0.361 e. The summed E-state index contributed by atoms with van der Waals surface area (Å²) in [6.07, 6.45) is 3.83. The number of fused-ring (bicyclic) bond motifs is 1. The van der Waals surface area contributed by atoms with Crippen molar-refractivity contribution in [2.45, 2.75) is 13.8 Å². The Morgan fingerprint density at radius 1 is 1.12 bits per heavy atom. The Labute approximate surface area is 160 Å². The molecule has 6 heteroatoms. The van der Waals surface area contributed by atoms with Crippen molar-refractivity contribution in [1.29, 1.82) is 0 Å². The number of nitrogens with one attached hydrogen (secondary N) is 1. The summed E-state index contributed by atoms with van der Waals surface area (Å²) in [5.41, 5.74) is 5.00. The fourth-order valence-corrected chi connectivity index (χ4v) is 3.73. The second-order valence-corrected chi connectivity index (χ2v) is 7.25. The molecule has 0 fully saturated rings. The molecule has 0 saturated heterocycles. The van der Waals surface area contributed by atoms with Crippen LogP contribution in [-0.4, -0.2) is 15.9 Å². The van der Waals surface area contributed by atoms with E-state index >= 15 is 0 Å². The molecule has 2 aromatic carbocycles. The third-order valence-corrected chi connectivity index (χ3v) is 5.58. The Morgan fingerprint density at radius 2 is 1.96 bits per heavy atom. The highest BCUT2D eigenvalue weighted by molar-refractivity contribution is 7.07. The van der Waals surface area contributed by atoms with Crippen LogP contribution in [0, 0.1) is 13.8 Å². The van der Waals surface area contributed by atoms with Crippen molar-refractivity contribution in [1.82, 2.24) is 9.66 Å². The molecule has 0 spiro atoms. The predicted octanol–water partition coefficient (Wildman–Crippen LogP) is 5.42. The molecule has 2 heterocycles. The molecule has 0 atom stereocenters. The maximum Gasteiger partial charge on any atom is 0.211 e. The lowest BCUT2D eigenvalue weighted by Gasteiger charge is -2.02. The summed E-state index contributed by atoms with van der Waals surface area (Å²) in [4.78, 5) is 8.83. The number of nitrogens with zero attached hydrogens (tertiary/aromatic N) is 3. The lowest BCUT2D eigenvalue weighted by Crippen LogP contribution is -2.11. The fourth-order valence-electron chi connectivity index (χ4n) is 2.74. The molecule has 2 aromatic heterocycles. The van der Waals surface area contributed by atoms with E-state index < -0.39 is 0 Å². The van der Waals surface area contributed by atoms with Crippen molar-refractivity contribution in [3.05, 3.63) is 80.7 Å². The number of hydrogen-bond acceptors (Lipinski definition) is 3. The number of H-pyrrole nitrogens is 1. The van der Waals surface area contributed by atoms with Crippen LogP contribution < -0.4 is 4.80 Å². The second-order valence-electron chi connectivity index (χ2n) is 6.00. The van der Waals surface area contributed by atoms with Crippen molar-refractivity contribution in [3.63, 3.8) is 0 Å². The SMILES string of the molecule is Cc1c(Cl)cccc1N=c1scc(C)n1N=Cc1c[nH]c2ccccc12. The van der Waals surface area contributed by atoms with E-state index in [0.717, 1.165) is 38.2 Å². The van der Waals surface area contributed by atoms with Crippen LogP contribution in [0.3, 0.4) is 0 Å². The molecule has 1 N–H and O–H groups in total. The van der Waals surface area contributed by atoms with E-state index in [4.69, 9.17) is 16.6 Å². The van der Waals surface area contributed by atoms with Gasteiger partial charge < -0.3 is 4.98 Å². The molecule has 4 nitrogen and oxygen atoms in total. The van der Waals surface area contributed by atoms with Gasteiger partial charge in [-0.1, -0.05) is 35.9 Å². The van der Waals surface area contributed by atoms with Crippen molar-refractivity contribution >= 4 is 45.7 Å². The van der Waals surface area contributed by atoms with Gasteiger partial charge in [-0.3, -0.25) is 0 Å². The first-order valence-corrected chi connectivity index (χ1v) is 9.47. The average molecular weight is 381 g/mol. The molecule has 4 rings (SSSR count). The van der Waals surface area contributed by atoms with E-state index in [2.05, 4.69) is 22.2 Å². The highest BCUT2D eigenvalue weighted by atomic mass is 35.5. The van der Waals surface area contributed by atoms with Gasteiger partial charge in [0.2, 0.25) is 4.80 Å². The van der Waals surface area contributed by atoms with Crippen LogP contribution >= 0.6 is 22.9 Å². The zero-order valence-electron chi connectivity index (χ0n) is 14.4. The smallest absolute Gasteiger partial charge is 0.211 e. The topological polar surface area (TPSA) is 45.4 Å². The zero-order chi connectivity index (χ0) is 18.1. The van der Waals surface area contributed by atoms with E-state index in [9.17, 15) is 0 Å². The molecule has 0 aliphatic rings. The third-order valence-electron chi connectivity index (χ3n) is 4.24. The van der Waals surface area contributed by atoms with Crippen LogP contribution in [-0.2, 0) is 0 Å². The van der Waals surface area contributed by atoms with Gasteiger partial charge in [-0.15, -0.1) is 11.3 Å². The molecular weight excluding hydrogens is 364 g/mol. The Kier molecular flexibility index (Phi) is 4.49. The van der Waals surface area contributed by atoms with E-state index in [-0.39, 0.29) is 0 Å². The van der Waals surface area contributed by atoms with Gasteiger partial charge in [0.1, 0.15) is 0 Å². The molecule has 0 radical (unpaired) electrons. The minimum atomic E-state index is 0.716. The number of aromatic amines is 1. The number of aryl methyl sites for hydroxylation is 1. The first kappa shape index (κ1) is 16.8. The van der Waals surface area contributed by atoms with Gasteiger partial charge in [-0.05, 0) is 37.6 Å². The number of aromatic nitrogens is 2. The van der Waals surface area contributed by atoms with E-state index in [1.807, 2.05) is 66.6 Å². The summed E-state index contributed by atoms with van der Waals surface area (Å²) in [6.45, 7) is 3.99. The molecular formula is C20H17ClN4S. The van der Waals surface area contributed by atoms with Crippen LogP contribution in [0.25, 0.3) is 10.9 Å². The molecule has 130 valence electrons. The molecule has 0 aliphatic carbocycles. The molecule has 0 unspecified atom stereocenters. The summed E-state index contributed by atoms with van der Waals surface area (Å²) in [5.74, 6) is 0. The number of rotatable bonds is 3. The normalized spacial score (nSPS) is 12.5. The number of halogens is 1. The Bertz CT molecular complexity index is 1180. The maximum absolute atomic E-state index is 6.21. The summed E-state index contributed by atoms with van der Waals surface area (Å²) >= 11 is 7.77. The van der Waals surface area contributed by atoms with E-state index in [1.165, 1.54) is 0 Å². The Hall–Kier alpha value is -2.63. The number of hydrogen-bond donors (Lipinski definition) is 1. The summed E-state index contributed by atoms with van der Waals surface area (Å²) in [7, 11) is 0. The standard InChI is InChI=1S/C20H17ClN4S/c1-13-12-26-20(24-18-9-5-7-17(21)14(18)2)25(13)23-11-15-10-22-19-8-4-3-6-16(15)19/h3-12,22H,1-2H3. The van der Waals surface area contributed by atoms with Crippen molar-refractivity contribution in [2.75, 3.05) is 0 Å².